The van der Waals surface area contributed by atoms with Crippen LogP contribution in [-0.2, 0) is 0 Å². The van der Waals surface area contributed by atoms with Crippen molar-refractivity contribution >= 4 is 25.3 Å². The average molecular weight is 183 g/mol. The molecule has 0 aliphatic carbocycles. The van der Waals surface area contributed by atoms with Crippen LogP contribution in [0.2, 0.25) is 0 Å². The highest BCUT2D eigenvalue weighted by atomic mass is 32.1. The van der Waals surface area contributed by atoms with Crippen LogP contribution in [0.3, 0.4) is 0 Å². The molecule has 0 saturated carbocycles. The molecule has 0 saturated heterocycles. The lowest BCUT2D eigenvalue weighted by molar-refractivity contribution is 0.676. The summed E-state index contributed by atoms with van der Waals surface area (Å²) < 4.78 is 0. The van der Waals surface area contributed by atoms with E-state index in [-0.39, 0.29) is 0 Å². The first-order valence-corrected chi connectivity index (χ1v) is 3.82. The van der Waals surface area contributed by atoms with Gasteiger partial charge in [-0.1, -0.05) is 6.58 Å². The van der Waals surface area contributed by atoms with Crippen LogP contribution < -0.4 is 0 Å². The van der Waals surface area contributed by atoms with E-state index in [1.54, 1.807) is 11.1 Å². The van der Waals surface area contributed by atoms with Crippen molar-refractivity contribution in [3.63, 3.8) is 0 Å². The van der Waals surface area contributed by atoms with E-state index < -0.39 is 0 Å². The number of hydrogen-bond acceptors (Lipinski definition) is 2. The highest BCUT2D eigenvalue weighted by Crippen LogP contribution is 2.00. The molecule has 0 aromatic carbocycles. The van der Waals surface area contributed by atoms with Crippen LogP contribution in [0.1, 0.15) is 6.92 Å². The summed E-state index contributed by atoms with van der Waals surface area (Å²) in [6, 6.07) is 0. The van der Waals surface area contributed by atoms with Crippen molar-refractivity contribution in [2.24, 2.45) is 9.98 Å². The van der Waals surface area contributed by atoms with Gasteiger partial charge in [0, 0.05) is 19.4 Å². The Bertz CT molecular complexity index is 226. The van der Waals surface area contributed by atoms with Crippen LogP contribution in [0, 0.1) is 0 Å². The van der Waals surface area contributed by atoms with Gasteiger partial charge in [0.15, 0.2) is 0 Å². The highest BCUT2D eigenvalue weighted by Gasteiger charge is 1.98. The normalized spacial score (nSPS) is 12.6. The van der Waals surface area contributed by atoms with E-state index in [4.69, 9.17) is 0 Å². The van der Waals surface area contributed by atoms with Gasteiger partial charge in [-0.3, -0.25) is 0 Å². The Kier molecular flexibility index (Phi) is 5.12. The number of aliphatic imine (C=N–C) groups is 2. The Morgan fingerprint density at radius 3 is 2.50 bits per heavy atom. The highest BCUT2D eigenvalue weighted by molar-refractivity contribution is 7.84. The summed E-state index contributed by atoms with van der Waals surface area (Å²) in [6.07, 6.45) is 3.21. The minimum absolute atomic E-state index is 0.499. The lowest BCUT2D eigenvalue weighted by atomic mass is 10.6. The predicted molar refractivity (Wildman–Crippen MR) is 57.7 cm³/mol. The quantitative estimate of drug-likeness (QED) is 0.395. The molecule has 66 valence electrons. The van der Waals surface area contributed by atoms with Crippen molar-refractivity contribution in [3.8, 4) is 0 Å². The van der Waals surface area contributed by atoms with E-state index in [0.29, 0.717) is 5.96 Å². The number of rotatable bonds is 2. The van der Waals surface area contributed by atoms with E-state index in [9.17, 15) is 0 Å². The molecule has 0 heterocycles. The van der Waals surface area contributed by atoms with Crippen LogP contribution in [0.4, 0.5) is 0 Å². The maximum absolute atomic E-state index is 4.12. The number of allylic oxidation sites excluding steroid dienone is 1. The topological polar surface area (TPSA) is 28.0 Å². The maximum Gasteiger partial charge on any atom is 0.228 e. The van der Waals surface area contributed by atoms with Crippen LogP contribution in [0.15, 0.2) is 33.9 Å². The molecule has 0 bridgehead atoms. The van der Waals surface area contributed by atoms with E-state index >= 15 is 0 Å². The first-order chi connectivity index (χ1) is 5.61. The summed E-state index contributed by atoms with van der Waals surface area (Å²) in [5.41, 5.74) is 0. The summed E-state index contributed by atoms with van der Waals surface area (Å²) in [5, 5.41) is 0. The number of hydrogen-bond donors (Lipinski definition) is 1. The summed E-state index contributed by atoms with van der Waals surface area (Å²) >= 11 is 4.12. The Morgan fingerprint density at radius 1 is 1.58 bits per heavy atom. The second-order valence-electron chi connectivity index (χ2n) is 2.15. The molecule has 0 amide bonds. The fourth-order valence-corrected chi connectivity index (χ4v) is 0.836. The van der Waals surface area contributed by atoms with E-state index in [1.165, 1.54) is 6.20 Å². The van der Waals surface area contributed by atoms with E-state index in [0.717, 1.165) is 4.91 Å². The molecule has 3 nitrogen and oxygen atoms in total. The molecule has 12 heavy (non-hydrogen) atoms. The van der Waals surface area contributed by atoms with Crippen molar-refractivity contribution in [2.75, 3.05) is 7.05 Å². The Labute approximate surface area is 78.6 Å². The minimum atomic E-state index is 0.499. The number of nitrogens with zero attached hydrogens (tertiary/aromatic N) is 3. The summed E-state index contributed by atoms with van der Waals surface area (Å²) in [4.78, 5) is 10.2. The second kappa shape index (κ2) is 5.60. The van der Waals surface area contributed by atoms with Crippen molar-refractivity contribution in [1.29, 1.82) is 0 Å². The zero-order valence-corrected chi connectivity index (χ0v) is 8.25. The van der Waals surface area contributed by atoms with Crippen LogP contribution >= 0.6 is 12.6 Å². The van der Waals surface area contributed by atoms with Gasteiger partial charge in [-0.15, -0.1) is 12.6 Å². The van der Waals surface area contributed by atoms with E-state index in [2.05, 4.69) is 35.9 Å². The van der Waals surface area contributed by atoms with Gasteiger partial charge in [0.05, 0.1) is 0 Å². The van der Waals surface area contributed by atoms with E-state index in [1.807, 2.05) is 14.0 Å². The molecular weight excluding hydrogens is 170 g/mol. The molecule has 0 fully saturated rings. The fourth-order valence-electron chi connectivity index (χ4n) is 0.663. The Morgan fingerprint density at radius 2 is 2.17 bits per heavy atom. The molecular formula is C8H13N3S. The van der Waals surface area contributed by atoms with Crippen LogP contribution in [0.5, 0.6) is 0 Å². The van der Waals surface area contributed by atoms with Crippen LogP contribution in [-0.4, -0.2) is 24.6 Å². The van der Waals surface area contributed by atoms with Crippen molar-refractivity contribution in [3.05, 3.63) is 23.9 Å². The van der Waals surface area contributed by atoms with Crippen molar-refractivity contribution in [1.82, 2.24) is 4.90 Å². The van der Waals surface area contributed by atoms with Gasteiger partial charge in [-0.05, 0) is 18.5 Å². The largest absolute Gasteiger partial charge is 0.320 e. The third-order valence-corrected chi connectivity index (χ3v) is 1.16. The Balaban J connectivity index is 4.53. The zero-order valence-electron chi connectivity index (χ0n) is 7.36. The number of guanidine groups is 1. The van der Waals surface area contributed by atoms with Gasteiger partial charge >= 0.3 is 0 Å². The monoisotopic (exact) mass is 183 g/mol. The molecule has 0 N–H and O–H groups in total. The lowest BCUT2D eigenvalue weighted by Crippen LogP contribution is -2.18. The maximum atomic E-state index is 4.12. The summed E-state index contributed by atoms with van der Waals surface area (Å²) in [5.74, 6) is 0.499. The van der Waals surface area contributed by atoms with Gasteiger partial charge in [0.2, 0.25) is 5.96 Å². The Hall–Kier alpha value is -1.03. The second-order valence-corrected chi connectivity index (χ2v) is 2.86. The molecule has 0 spiro atoms. The molecule has 0 aliphatic rings. The first-order valence-electron chi connectivity index (χ1n) is 3.37. The van der Waals surface area contributed by atoms with Gasteiger partial charge in [-0.25, -0.2) is 9.98 Å². The molecule has 0 rings (SSSR count). The third kappa shape index (κ3) is 3.98. The minimum Gasteiger partial charge on any atom is -0.320 e. The third-order valence-electron chi connectivity index (χ3n) is 1.04. The van der Waals surface area contributed by atoms with Gasteiger partial charge in [-0.2, -0.15) is 0 Å². The van der Waals surface area contributed by atoms with Crippen LogP contribution in [0.25, 0.3) is 0 Å². The number of thiol groups is 1. The SMILES string of the molecule is C=CN=C(N=C)N(C)/C=C(\C)S. The summed E-state index contributed by atoms with van der Waals surface area (Å²) in [7, 11) is 1.82. The average Bonchev–Trinajstić information content (AvgIpc) is 1.98. The fraction of sp³-hybridized carbons (Fsp3) is 0.250. The smallest absolute Gasteiger partial charge is 0.228 e. The first kappa shape index (κ1) is 11.0. The van der Waals surface area contributed by atoms with Gasteiger partial charge < -0.3 is 4.90 Å². The molecule has 0 aromatic rings. The van der Waals surface area contributed by atoms with Crippen molar-refractivity contribution in [2.45, 2.75) is 6.92 Å². The standard InChI is InChI=1S/C8H13N3S/c1-5-10-8(9-3)11(4)6-7(2)12/h5-6,12H,1,3H2,2,4H3/b7-6+,10-8?. The van der Waals surface area contributed by atoms with Gasteiger partial charge in [0.1, 0.15) is 0 Å². The molecule has 0 atom stereocenters. The van der Waals surface area contributed by atoms with Crippen molar-refractivity contribution < 1.29 is 0 Å². The molecule has 0 aliphatic heterocycles. The molecule has 0 radical (unpaired) electrons. The van der Waals surface area contributed by atoms with Gasteiger partial charge in [0.25, 0.3) is 0 Å². The molecule has 0 unspecified atom stereocenters. The molecule has 4 heteroatoms. The zero-order chi connectivity index (χ0) is 9.56. The summed E-state index contributed by atoms with van der Waals surface area (Å²) in [6.45, 7) is 8.72. The predicted octanol–water partition coefficient (Wildman–Crippen LogP) is 1.91. The molecule has 0 aromatic heterocycles. The lowest BCUT2D eigenvalue weighted by Gasteiger charge is -2.11.